The van der Waals surface area contributed by atoms with Crippen LogP contribution in [0.5, 0.6) is 0 Å². The topological polar surface area (TPSA) is 63.7 Å². The van der Waals surface area contributed by atoms with Gasteiger partial charge in [-0.3, -0.25) is 4.31 Å². The zero-order chi connectivity index (χ0) is 17.9. The molecule has 0 saturated heterocycles. The number of hydrogen-bond acceptors (Lipinski definition) is 4. The van der Waals surface area contributed by atoms with E-state index < -0.39 is 21.8 Å². The molecule has 0 fully saturated rings. The van der Waals surface area contributed by atoms with Crippen LogP contribution in [0.15, 0.2) is 46.9 Å². The number of anilines is 1. The van der Waals surface area contributed by atoms with Crippen LogP contribution in [0.2, 0.25) is 0 Å². The summed E-state index contributed by atoms with van der Waals surface area (Å²) in [4.78, 5) is 11.5. The van der Waals surface area contributed by atoms with Gasteiger partial charge < -0.3 is 4.74 Å². The number of ether oxygens (including phenoxy) is 1. The second-order valence-electron chi connectivity index (χ2n) is 5.06. The summed E-state index contributed by atoms with van der Waals surface area (Å²) in [6.45, 7) is 0.0370. The number of esters is 1. The highest BCUT2D eigenvalue weighted by Gasteiger charge is 2.19. The Morgan fingerprint density at radius 2 is 1.83 bits per heavy atom. The van der Waals surface area contributed by atoms with Crippen molar-refractivity contribution in [2.75, 3.05) is 17.7 Å². The number of rotatable bonds is 5. The number of benzene rings is 2. The minimum atomic E-state index is -3.57. The Morgan fingerprint density at radius 3 is 2.33 bits per heavy atom. The van der Waals surface area contributed by atoms with E-state index in [9.17, 15) is 17.6 Å². The molecule has 2 aromatic carbocycles. The zero-order valence-corrected chi connectivity index (χ0v) is 15.4. The van der Waals surface area contributed by atoms with E-state index in [1.165, 1.54) is 53.9 Å². The number of carbonyl (C=O) groups is 1. The Kier molecular flexibility index (Phi) is 5.61. The monoisotopic (exact) mass is 415 g/mol. The van der Waals surface area contributed by atoms with E-state index in [0.717, 1.165) is 6.26 Å². The van der Waals surface area contributed by atoms with Crippen molar-refractivity contribution in [3.63, 3.8) is 0 Å². The quantitative estimate of drug-likeness (QED) is 0.702. The number of sulfonamides is 1. The first-order valence-electron chi connectivity index (χ1n) is 6.82. The maximum Gasteiger partial charge on any atom is 0.337 e. The first-order chi connectivity index (χ1) is 11.2. The van der Waals surface area contributed by atoms with E-state index in [1.54, 1.807) is 0 Å². The van der Waals surface area contributed by atoms with Gasteiger partial charge in [0.1, 0.15) is 5.82 Å². The van der Waals surface area contributed by atoms with Crippen LogP contribution in [0.1, 0.15) is 15.9 Å². The molecular formula is C16H15BrFNO4S. The van der Waals surface area contributed by atoms with Gasteiger partial charge in [0, 0.05) is 0 Å². The molecule has 0 atom stereocenters. The highest BCUT2D eigenvalue weighted by atomic mass is 79.9. The van der Waals surface area contributed by atoms with Crippen molar-refractivity contribution >= 4 is 37.6 Å². The van der Waals surface area contributed by atoms with Crippen molar-refractivity contribution in [2.24, 2.45) is 0 Å². The summed E-state index contributed by atoms with van der Waals surface area (Å²) in [6, 6.07) is 10.3. The molecule has 5 nitrogen and oxygen atoms in total. The number of carbonyl (C=O) groups excluding carboxylic acids is 1. The standard InChI is InChI=1S/C16H15BrFNO4S/c1-23-16(20)12-4-6-13(7-5-12)19(24(2,21)22)10-11-3-8-15(18)14(17)9-11/h3-9H,10H2,1-2H3. The Hall–Kier alpha value is -1.93. The van der Waals surface area contributed by atoms with Crippen molar-refractivity contribution in [1.29, 1.82) is 0 Å². The van der Waals surface area contributed by atoms with E-state index in [-0.39, 0.29) is 11.0 Å². The molecule has 0 N–H and O–H groups in total. The molecule has 0 amide bonds. The molecule has 0 aliphatic carbocycles. The summed E-state index contributed by atoms with van der Waals surface area (Å²) >= 11 is 3.08. The van der Waals surface area contributed by atoms with Crippen LogP contribution < -0.4 is 4.31 Å². The van der Waals surface area contributed by atoms with Crippen LogP contribution in [0.4, 0.5) is 10.1 Å². The van der Waals surface area contributed by atoms with Gasteiger partial charge in [0.05, 0.1) is 35.6 Å². The maximum atomic E-state index is 13.3. The van der Waals surface area contributed by atoms with Gasteiger partial charge in [-0.05, 0) is 57.9 Å². The van der Waals surface area contributed by atoms with Crippen molar-refractivity contribution in [3.05, 3.63) is 63.9 Å². The Bertz CT molecular complexity index is 853. The fraction of sp³-hybridized carbons (Fsp3) is 0.188. The summed E-state index contributed by atoms with van der Waals surface area (Å²) in [6.07, 6.45) is 1.08. The average Bonchev–Trinajstić information content (AvgIpc) is 2.54. The summed E-state index contributed by atoms with van der Waals surface area (Å²) in [5.41, 5.74) is 1.33. The molecular weight excluding hydrogens is 401 g/mol. The van der Waals surface area contributed by atoms with E-state index in [0.29, 0.717) is 16.8 Å². The molecule has 0 aliphatic rings. The van der Waals surface area contributed by atoms with Crippen molar-refractivity contribution in [2.45, 2.75) is 6.54 Å². The molecule has 24 heavy (non-hydrogen) atoms. The van der Waals surface area contributed by atoms with E-state index in [4.69, 9.17) is 0 Å². The van der Waals surface area contributed by atoms with Crippen LogP contribution in [0.3, 0.4) is 0 Å². The molecule has 0 aliphatic heterocycles. The first kappa shape index (κ1) is 18.4. The van der Waals surface area contributed by atoms with Gasteiger partial charge >= 0.3 is 5.97 Å². The van der Waals surface area contributed by atoms with Gasteiger partial charge in [0.2, 0.25) is 10.0 Å². The maximum absolute atomic E-state index is 13.3. The third-order valence-corrected chi connectivity index (χ3v) is 5.04. The van der Waals surface area contributed by atoms with Gasteiger partial charge in [-0.15, -0.1) is 0 Å². The van der Waals surface area contributed by atoms with E-state index in [2.05, 4.69) is 20.7 Å². The summed E-state index contributed by atoms with van der Waals surface area (Å²) in [5, 5.41) is 0. The second-order valence-corrected chi connectivity index (χ2v) is 7.82. The third-order valence-electron chi connectivity index (χ3n) is 3.29. The van der Waals surface area contributed by atoms with Crippen LogP contribution in [-0.2, 0) is 21.3 Å². The SMILES string of the molecule is COC(=O)c1ccc(N(Cc2ccc(F)c(Br)c2)S(C)(=O)=O)cc1. The summed E-state index contributed by atoms with van der Waals surface area (Å²) in [5.74, 6) is -0.929. The lowest BCUT2D eigenvalue weighted by Gasteiger charge is -2.23. The fourth-order valence-electron chi connectivity index (χ4n) is 2.09. The molecule has 0 bridgehead atoms. The normalized spacial score (nSPS) is 11.2. The zero-order valence-electron chi connectivity index (χ0n) is 13.0. The van der Waals surface area contributed by atoms with Crippen LogP contribution in [0, 0.1) is 5.82 Å². The lowest BCUT2D eigenvalue weighted by molar-refractivity contribution is 0.0600. The van der Waals surface area contributed by atoms with Crippen LogP contribution >= 0.6 is 15.9 Å². The van der Waals surface area contributed by atoms with Crippen molar-refractivity contribution in [1.82, 2.24) is 0 Å². The van der Waals surface area contributed by atoms with Gasteiger partial charge in [0.15, 0.2) is 0 Å². The summed E-state index contributed by atoms with van der Waals surface area (Å²) < 4.78 is 43.6. The van der Waals surface area contributed by atoms with Gasteiger partial charge in [-0.2, -0.15) is 0 Å². The predicted molar refractivity (Wildman–Crippen MR) is 92.9 cm³/mol. The van der Waals surface area contributed by atoms with Crippen LogP contribution in [0.25, 0.3) is 0 Å². The molecule has 128 valence electrons. The molecule has 2 rings (SSSR count). The molecule has 0 heterocycles. The lowest BCUT2D eigenvalue weighted by atomic mass is 10.2. The minimum Gasteiger partial charge on any atom is -0.465 e. The minimum absolute atomic E-state index is 0.0370. The van der Waals surface area contributed by atoms with E-state index >= 15 is 0 Å². The Morgan fingerprint density at radius 1 is 1.21 bits per heavy atom. The Balaban J connectivity index is 2.35. The molecule has 0 unspecified atom stereocenters. The molecule has 2 aromatic rings. The van der Waals surface area contributed by atoms with Crippen molar-refractivity contribution < 1.29 is 22.3 Å². The van der Waals surface area contributed by atoms with Gasteiger partial charge in [-0.1, -0.05) is 6.07 Å². The number of halogens is 2. The number of methoxy groups -OCH3 is 1. The average molecular weight is 416 g/mol. The molecule has 0 radical (unpaired) electrons. The Labute approximate surface area is 148 Å². The largest absolute Gasteiger partial charge is 0.465 e. The van der Waals surface area contributed by atoms with E-state index in [1.807, 2.05) is 0 Å². The van der Waals surface area contributed by atoms with Crippen molar-refractivity contribution in [3.8, 4) is 0 Å². The summed E-state index contributed by atoms with van der Waals surface area (Å²) in [7, 11) is -2.30. The molecule has 0 spiro atoms. The fourth-order valence-corrected chi connectivity index (χ4v) is 3.40. The predicted octanol–water partition coefficient (Wildman–Crippen LogP) is 3.34. The molecule has 8 heteroatoms. The van der Waals surface area contributed by atoms with Gasteiger partial charge in [0.25, 0.3) is 0 Å². The van der Waals surface area contributed by atoms with Gasteiger partial charge in [-0.25, -0.2) is 17.6 Å². The van der Waals surface area contributed by atoms with Crippen LogP contribution in [-0.4, -0.2) is 27.8 Å². The number of hydrogen-bond donors (Lipinski definition) is 0. The molecule has 0 aromatic heterocycles. The highest BCUT2D eigenvalue weighted by Crippen LogP contribution is 2.24. The number of nitrogens with zero attached hydrogens (tertiary/aromatic N) is 1. The smallest absolute Gasteiger partial charge is 0.337 e. The first-order valence-corrected chi connectivity index (χ1v) is 9.46. The molecule has 0 saturated carbocycles. The second kappa shape index (κ2) is 7.31. The lowest BCUT2D eigenvalue weighted by Crippen LogP contribution is -2.29. The third kappa shape index (κ3) is 4.33. The highest BCUT2D eigenvalue weighted by molar-refractivity contribution is 9.10.